The maximum atomic E-state index is 14.1. The maximum absolute atomic E-state index is 14.1. The number of aromatic amines is 1. The number of ether oxygens (including phenoxy) is 1. The second-order valence-electron chi connectivity index (χ2n) is 12.9. The molecule has 0 aliphatic heterocycles. The number of nitrogens with one attached hydrogen (secondary N) is 2. The number of amides is 1. The summed E-state index contributed by atoms with van der Waals surface area (Å²) in [5.74, 6) is -2.34. The van der Waals surface area contributed by atoms with Crippen LogP contribution in [0.4, 0.5) is 24.8 Å². The molecule has 4 aromatic rings. The molecular weight excluding hydrogens is 617 g/mol. The first kappa shape index (κ1) is 32.4. The van der Waals surface area contributed by atoms with Gasteiger partial charge in [0.2, 0.25) is 5.95 Å². The van der Waals surface area contributed by atoms with E-state index in [-0.39, 0.29) is 52.1 Å². The van der Waals surface area contributed by atoms with Crippen LogP contribution >= 0.6 is 0 Å². The highest BCUT2D eigenvalue weighted by Crippen LogP contribution is 2.46. The van der Waals surface area contributed by atoms with Crippen molar-refractivity contribution in [3.05, 3.63) is 47.8 Å². The second kappa shape index (κ2) is 12.6. The van der Waals surface area contributed by atoms with E-state index in [1.54, 1.807) is 20.1 Å². The quantitative estimate of drug-likeness (QED) is 0.174. The van der Waals surface area contributed by atoms with Gasteiger partial charge in [-0.15, -0.1) is 0 Å². The minimum absolute atomic E-state index is 0.0540. The van der Waals surface area contributed by atoms with Crippen LogP contribution in [0.3, 0.4) is 0 Å². The molecule has 47 heavy (non-hydrogen) atoms. The number of pyridine rings is 2. The normalized spacial score (nSPS) is 16.8. The maximum Gasteiger partial charge on any atom is 0.418 e. The summed E-state index contributed by atoms with van der Waals surface area (Å²) in [5.41, 5.74) is 1.08. The zero-order valence-corrected chi connectivity index (χ0v) is 26.4. The summed E-state index contributed by atoms with van der Waals surface area (Å²) in [6, 6.07) is 2.83. The third kappa shape index (κ3) is 6.94. The average Bonchev–Trinajstić information content (AvgIpc) is 3.37. The number of H-pyrrole nitrogens is 1. The predicted octanol–water partition coefficient (Wildman–Crippen LogP) is 5.73. The van der Waals surface area contributed by atoms with Crippen LogP contribution in [-0.2, 0) is 22.3 Å². The van der Waals surface area contributed by atoms with Crippen LogP contribution in [0.25, 0.3) is 22.4 Å². The van der Waals surface area contributed by atoms with Gasteiger partial charge in [-0.05, 0) is 37.8 Å². The number of anilines is 2. The van der Waals surface area contributed by atoms with E-state index in [4.69, 9.17) is 4.74 Å². The number of imidazole rings is 2. The Kier molecular flexibility index (Phi) is 8.68. The van der Waals surface area contributed by atoms with Crippen molar-refractivity contribution >= 4 is 34.7 Å². The van der Waals surface area contributed by atoms with Crippen LogP contribution in [0.5, 0.6) is 0 Å². The Morgan fingerprint density at radius 1 is 1.21 bits per heavy atom. The van der Waals surface area contributed by atoms with Crippen LogP contribution in [0.1, 0.15) is 73.1 Å². The van der Waals surface area contributed by atoms with Gasteiger partial charge in [0.15, 0.2) is 5.65 Å². The number of carbonyl (C=O) groups is 2. The van der Waals surface area contributed by atoms with E-state index in [1.807, 2.05) is 11.9 Å². The van der Waals surface area contributed by atoms with Crippen molar-refractivity contribution in [3.8, 4) is 11.3 Å². The van der Waals surface area contributed by atoms with Crippen LogP contribution in [0.2, 0.25) is 0 Å². The molecule has 2 aliphatic rings. The number of hydrogen-bond acceptors (Lipinski definition) is 8. The smallest absolute Gasteiger partial charge is 0.418 e. The molecular formula is C32H37F3N8O4. The molecule has 4 heterocycles. The molecule has 3 N–H and O–H groups in total. The number of rotatable bonds is 12. The molecule has 2 saturated carbocycles. The van der Waals surface area contributed by atoms with Gasteiger partial charge >= 0.3 is 12.1 Å². The molecule has 2 aliphatic carbocycles. The van der Waals surface area contributed by atoms with Crippen LogP contribution in [-0.4, -0.2) is 73.8 Å². The number of fused-ring (bicyclic) bond motifs is 1. The van der Waals surface area contributed by atoms with Gasteiger partial charge in [-0.3, -0.25) is 19.9 Å². The second-order valence-corrected chi connectivity index (χ2v) is 12.9. The number of nitrogens with zero attached hydrogens (tertiary/aromatic N) is 6. The Morgan fingerprint density at radius 2 is 1.96 bits per heavy atom. The van der Waals surface area contributed by atoms with E-state index < -0.39 is 29.5 Å². The fraction of sp³-hybridized carbons (Fsp3) is 0.500. The van der Waals surface area contributed by atoms with E-state index in [9.17, 15) is 27.9 Å². The van der Waals surface area contributed by atoms with Crippen molar-refractivity contribution in [2.75, 3.05) is 37.5 Å². The summed E-state index contributed by atoms with van der Waals surface area (Å²) in [6.45, 7) is 2.89. The minimum Gasteiger partial charge on any atom is -0.481 e. The number of halogens is 3. The molecule has 250 valence electrons. The lowest BCUT2D eigenvalue weighted by Gasteiger charge is -2.34. The van der Waals surface area contributed by atoms with Crippen LogP contribution in [0.15, 0.2) is 30.9 Å². The average molecular weight is 655 g/mol. The molecule has 12 nitrogen and oxygen atoms in total. The number of hydrogen-bond donors (Lipinski definition) is 3. The number of aromatic nitrogens is 6. The third-order valence-corrected chi connectivity index (χ3v) is 9.03. The largest absolute Gasteiger partial charge is 0.481 e. The fourth-order valence-electron chi connectivity index (χ4n) is 6.51. The summed E-state index contributed by atoms with van der Waals surface area (Å²) in [5, 5.41) is 11.9. The summed E-state index contributed by atoms with van der Waals surface area (Å²) in [7, 11) is 3.59. The number of alkyl halides is 3. The van der Waals surface area contributed by atoms with Gasteiger partial charge in [0.1, 0.15) is 11.2 Å². The topological polar surface area (TPSA) is 151 Å². The van der Waals surface area contributed by atoms with E-state index in [2.05, 4.69) is 30.2 Å². The van der Waals surface area contributed by atoms with Crippen molar-refractivity contribution in [2.45, 2.75) is 64.1 Å². The lowest BCUT2D eigenvalue weighted by atomic mass is 9.86. The number of carboxylic acid groups (broad SMARTS) is 1. The molecule has 0 bridgehead atoms. The number of methoxy groups -OCH3 is 1. The molecule has 0 aromatic carbocycles. The van der Waals surface area contributed by atoms with Gasteiger partial charge in [0, 0.05) is 56.5 Å². The van der Waals surface area contributed by atoms with Gasteiger partial charge < -0.3 is 24.3 Å². The summed E-state index contributed by atoms with van der Waals surface area (Å²) in [6.07, 6.45) is 5.18. The van der Waals surface area contributed by atoms with E-state index >= 15 is 0 Å². The highest BCUT2D eigenvalue weighted by Gasteiger charge is 2.40. The molecule has 0 saturated heterocycles. The monoisotopic (exact) mass is 654 g/mol. The summed E-state index contributed by atoms with van der Waals surface area (Å²) < 4.78 is 49.5. The summed E-state index contributed by atoms with van der Waals surface area (Å²) >= 11 is 0. The van der Waals surface area contributed by atoms with Crippen molar-refractivity contribution < 1.29 is 32.6 Å². The first-order chi connectivity index (χ1) is 22.4. The third-order valence-electron chi connectivity index (χ3n) is 9.03. The van der Waals surface area contributed by atoms with E-state index in [1.165, 1.54) is 23.3 Å². The highest BCUT2D eigenvalue weighted by atomic mass is 19.4. The van der Waals surface area contributed by atoms with Crippen molar-refractivity contribution in [2.24, 2.45) is 11.3 Å². The minimum atomic E-state index is -4.57. The molecule has 0 spiro atoms. The van der Waals surface area contributed by atoms with Gasteiger partial charge in [-0.2, -0.15) is 18.2 Å². The zero-order valence-electron chi connectivity index (χ0n) is 26.4. The van der Waals surface area contributed by atoms with E-state index in [0.29, 0.717) is 37.2 Å². The number of aliphatic carboxylic acids is 1. The zero-order chi connectivity index (χ0) is 33.5. The lowest BCUT2D eigenvalue weighted by Crippen LogP contribution is -2.37. The fourth-order valence-corrected chi connectivity index (χ4v) is 6.51. The Morgan fingerprint density at radius 3 is 2.62 bits per heavy atom. The SMILES string of the molecule is COCC1(CN(C)c2cc(-c3cnc(C4CC4)c(C(F)(F)F)c3)nc3nc(NC(=O)c4cn(C[C@H](C)C(=O)O)cn4)[nH]c23)CCCC1. The Balaban J connectivity index is 1.36. The standard InChI is InChI=1S/C32H37F3N8O4/c1-18(29(45)46)13-43-14-23(37-17-43)28(44)41-30-39-26-24(42(2)15-31(16-47-3)8-4-5-9-31)11-22(38-27(26)40-30)20-10-21(32(33,34)35)25(36-12-20)19-6-7-19/h10-12,14,17-19H,4-9,13,15-16H2,1-3H3,(H,45,46)(H2,38,39,40,41,44)/t18-/m0/s1. The first-order valence-electron chi connectivity index (χ1n) is 15.6. The Hall–Kier alpha value is -4.53. The highest BCUT2D eigenvalue weighted by molar-refractivity contribution is 6.03. The summed E-state index contributed by atoms with van der Waals surface area (Å²) in [4.78, 5) is 46.9. The molecule has 6 rings (SSSR count). The Labute approximate surface area is 268 Å². The Bertz CT molecular complexity index is 1790. The van der Waals surface area contributed by atoms with Crippen LogP contribution in [0, 0.1) is 11.3 Å². The molecule has 0 unspecified atom stereocenters. The van der Waals surface area contributed by atoms with E-state index in [0.717, 1.165) is 31.7 Å². The predicted molar refractivity (Wildman–Crippen MR) is 167 cm³/mol. The van der Waals surface area contributed by atoms with Gasteiger partial charge in [0.05, 0.1) is 41.5 Å². The number of carboxylic acids is 1. The van der Waals surface area contributed by atoms with Gasteiger partial charge in [-0.1, -0.05) is 19.8 Å². The number of carbonyl (C=O) groups excluding carboxylic acids is 1. The van der Waals surface area contributed by atoms with Crippen molar-refractivity contribution in [3.63, 3.8) is 0 Å². The van der Waals surface area contributed by atoms with Crippen molar-refractivity contribution in [1.29, 1.82) is 0 Å². The molecule has 0 radical (unpaired) electrons. The van der Waals surface area contributed by atoms with Gasteiger partial charge in [-0.25, -0.2) is 9.97 Å². The lowest BCUT2D eigenvalue weighted by molar-refractivity contribution is -0.141. The molecule has 1 atom stereocenters. The molecule has 4 aromatic heterocycles. The van der Waals surface area contributed by atoms with Crippen LogP contribution < -0.4 is 10.2 Å². The van der Waals surface area contributed by atoms with Gasteiger partial charge in [0.25, 0.3) is 5.91 Å². The molecule has 15 heteroatoms. The molecule has 1 amide bonds. The van der Waals surface area contributed by atoms with Crippen molar-refractivity contribution in [1.82, 2.24) is 29.5 Å². The first-order valence-corrected chi connectivity index (χ1v) is 15.6. The molecule has 2 fully saturated rings.